The summed E-state index contributed by atoms with van der Waals surface area (Å²) in [5.41, 5.74) is 3.91. The average molecular weight is 359 g/mol. The lowest BCUT2D eigenvalue weighted by Gasteiger charge is -2.19. The molecule has 1 nitrogen and oxygen atoms in total. The highest BCUT2D eigenvalue weighted by atomic mass is 79.9. The minimum atomic E-state index is 0.207. The van der Waals surface area contributed by atoms with E-state index in [4.69, 9.17) is 11.6 Å². The molecule has 0 aliphatic rings. The molecule has 0 aliphatic carbocycles. The van der Waals surface area contributed by atoms with Gasteiger partial charge in [-0.15, -0.1) is 11.3 Å². The van der Waals surface area contributed by atoms with Crippen molar-refractivity contribution in [3.05, 3.63) is 54.6 Å². The van der Waals surface area contributed by atoms with Crippen LogP contribution >= 0.6 is 38.9 Å². The molecular weight excluding hydrogens is 342 g/mol. The number of thiophene rings is 1. The summed E-state index contributed by atoms with van der Waals surface area (Å²) in [6, 6.07) is 8.91. The fourth-order valence-corrected chi connectivity index (χ4v) is 3.98. The second-order valence-electron chi connectivity index (χ2n) is 4.62. The lowest BCUT2D eigenvalue weighted by atomic mass is 9.98. The van der Waals surface area contributed by atoms with Crippen LogP contribution in [-0.2, 0) is 0 Å². The third-order valence-electron chi connectivity index (χ3n) is 3.10. The molecular formula is C15H17BrClNS. The number of aryl methyl sites for hydroxylation is 2. The standard InChI is InChI=1S/C15H17BrClNS/c1-4-18-14(13-8-12(16)15(17)19-13)11-7-9(2)5-6-10(11)3/h5-8,14,18H,4H2,1-3H3. The molecule has 1 aromatic heterocycles. The Labute approximate surface area is 132 Å². The van der Waals surface area contributed by atoms with E-state index in [2.05, 4.69) is 66.3 Å². The van der Waals surface area contributed by atoms with Crippen molar-refractivity contribution in [3.63, 3.8) is 0 Å². The second kappa shape index (κ2) is 6.40. The van der Waals surface area contributed by atoms with Crippen LogP contribution in [0.4, 0.5) is 0 Å². The highest BCUT2D eigenvalue weighted by Gasteiger charge is 2.18. The van der Waals surface area contributed by atoms with Gasteiger partial charge in [-0.05, 0) is 53.5 Å². The minimum absolute atomic E-state index is 0.207. The molecule has 0 radical (unpaired) electrons. The fraction of sp³-hybridized carbons (Fsp3) is 0.333. The zero-order valence-corrected chi connectivity index (χ0v) is 14.4. The van der Waals surface area contributed by atoms with Gasteiger partial charge in [-0.25, -0.2) is 0 Å². The van der Waals surface area contributed by atoms with E-state index in [0.29, 0.717) is 0 Å². The van der Waals surface area contributed by atoms with Gasteiger partial charge in [0.25, 0.3) is 0 Å². The van der Waals surface area contributed by atoms with Gasteiger partial charge in [-0.3, -0.25) is 0 Å². The van der Waals surface area contributed by atoms with Crippen LogP contribution < -0.4 is 5.32 Å². The Bertz CT molecular complexity index is 560. The molecule has 0 spiro atoms. The van der Waals surface area contributed by atoms with Crippen LogP contribution in [0.15, 0.2) is 28.7 Å². The van der Waals surface area contributed by atoms with E-state index < -0.39 is 0 Å². The maximum Gasteiger partial charge on any atom is 0.107 e. The molecule has 0 bridgehead atoms. The lowest BCUT2D eigenvalue weighted by molar-refractivity contribution is 0.636. The van der Waals surface area contributed by atoms with Crippen LogP contribution in [0.5, 0.6) is 0 Å². The highest BCUT2D eigenvalue weighted by Crippen LogP contribution is 2.38. The Balaban J connectivity index is 2.47. The van der Waals surface area contributed by atoms with Crippen LogP contribution in [0, 0.1) is 13.8 Å². The van der Waals surface area contributed by atoms with Crippen molar-refractivity contribution in [3.8, 4) is 0 Å². The first kappa shape index (κ1) is 15.0. The van der Waals surface area contributed by atoms with E-state index in [1.807, 2.05) is 0 Å². The predicted molar refractivity (Wildman–Crippen MR) is 88.5 cm³/mol. The lowest BCUT2D eigenvalue weighted by Crippen LogP contribution is -2.22. The molecule has 102 valence electrons. The normalized spacial score (nSPS) is 12.7. The number of hydrogen-bond donors (Lipinski definition) is 1. The molecule has 1 unspecified atom stereocenters. The van der Waals surface area contributed by atoms with Gasteiger partial charge in [0.15, 0.2) is 0 Å². The Kier molecular flexibility index (Phi) is 5.07. The monoisotopic (exact) mass is 357 g/mol. The zero-order chi connectivity index (χ0) is 14.0. The largest absolute Gasteiger partial charge is 0.306 e. The summed E-state index contributed by atoms with van der Waals surface area (Å²) >= 11 is 11.3. The quantitative estimate of drug-likeness (QED) is 0.763. The number of nitrogens with one attached hydrogen (secondary N) is 1. The molecule has 0 saturated carbocycles. The van der Waals surface area contributed by atoms with Crippen LogP contribution in [-0.4, -0.2) is 6.54 Å². The van der Waals surface area contributed by atoms with Gasteiger partial charge >= 0.3 is 0 Å². The van der Waals surface area contributed by atoms with Crippen molar-refractivity contribution >= 4 is 38.9 Å². The van der Waals surface area contributed by atoms with Gasteiger partial charge in [-0.2, -0.15) is 0 Å². The Hall–Kier alpha value is -0.350. The molecule has 2 rings (SSSR count). The summed E-state index contributed by atoms with van der Waals surface area (Å²) in [6.07, 6.45) is 0. The summed E-state index contributed by atoms with van der Waals surface area (Å²) in [6.45, 7) is 7.33. The molecule has 1 N–H and O–H groups in total. The van der Waals surface area contributed by atoms with Crippen molar-refractivity contribution in [2.45, 2.75) is 26.8 Å². The molecule has 19 heavy (non-hydrogen) atoms. The SMILES string of the molecule is CCNC(c1cc(Br)c(Cl)s1)c1cc(C)ccc1C. The molecule has 0 aliphatic heterocycles. The van der Waals surface area contributed by atoms with E-state index in [9.17, 15) is 0 Å². The van der Waals surface area contributed by atoms with Gasteiger partial charge in [0, 0.05) is 9.35 Å². The molecule has 0 amide bonds. The van der Waals surface area contributed by atoms with Crippen molar-refractivity contribution in [2.75, 3.05) is 6.54 Å². The first-order valence-electron chi connectivity index (χ1n) is 6.28. The molecule has 0 saturated heterocycles. The van der Waals surface area contributed by atoms with E-state index in [-0.39, 0.29) is 6.04 Å². The smallest absolute Gasteiger partial charge is 0.107 e. The van der Waals surface area contributed by atoms with Crippen LogP contribution in [0.2, 0.25) is 4.34 Å². The van der Waals surface area contributed by atoms with E-state index in [0.717, 1.165) is 15.4 Å². The molecule has 2 aromatic rings. The van der Waals surface area contributed by atoms with Gasteiger partial charge in [-0.1, -0.05) is 42.3 Å². The number of halogens is 2. The fourth-order valence-electron chi connectivity index (χ4n) is 2.14. The first-order chi connectivity index (χ1) is 9.02. The Morgan fingerprint density at radius 2 is 2.05 bits per heavy atom. The Morgan fingerprint density at radius 3 is 2.63 bits per heavy atom. The van der Waals surface area contributed by atoms with Crippen LogP contribution in [0.25, 0.3) is 0 Å². The van der Waals surface area contributed by atoms with Crippen LogP contribution in [0.1, 0.15) is 34.5 Å². The zero-order valence-electron chi connectivity index (χ0n) is 11.3. The summed E-state index contributed by atoms with van der Waals surface area (Å²) in [7, 11) is 0. The maximum atomic E-state index is 6.18. The van der Waals surface area contributed by atoms with Gasteiger partial charge in [0.05, 0.1) is 6.04 Å². The molecule has 1 heterocycles. The Morgan fingerprint density at radius 1 is 1.32 bits per heavy atom. The van der Waals surface area contributed by atoms with Crippen LogP contribution in [0.3, 0.4) is 0 Å². The first-order valence-corrected chi connectivity index (χ1v) is 8.27. The van der Waals surface area contributed by atoms with Crippen molar-refractivity contribution in [2.24, 2.45) is 0 Å². The molecule has 0 fully saturated rings. The predicted octanol–water partition coefficient (Wildman–Crippen LogP) is 5.48. The summed E-state index contributed by atoms with van der Waals surface area (Å²) in [5.74, 6) is 0. The van der Waals surface area contributed by atoms with Gasteiger partial charge in [0.1, 0.15) is 4.34 Å². The summed E-state index contributed by atoms with van der Waals surface area (Å²) in [5, 5.41) is 3.55. The van der Waals surface area contributed by atoms with Gasteiger partial charge < -0.3 is 5.32 Å². The molecule has 4 heteroatoms. The number of hydrogen-bond acceptors (Lipinski definition) is 2. The summed E-state index contributed by atoms with van der Waals surface area (Å²) < 4.78 is 1.78. The maximum absolute atomic E-state index is 6.18. The minimum Gasteiger partial charge on any atom is -0.306 e. The second-order valence-corrected chi connectivity index (χ2v) is 7.16. The topological polar surface area (TPSA) is 12.0 Å². The molecule has 1 atom stereocenters. The highest BCUT2D eigenvalue weighted by molar-refractivity contribution is 9.10. The summed E-state index contributed by atoms with van der Waals surface area (Å²) in [4.78, 5) is 1.24. The number of rotatable bonds is 4. The van der Waals surface area contributed by atoms with Gasteiger partial charge in [0.2, 0.25) is 0 Å². The molecule has 1 aromatic carbocycles. The third kappa shape index (κ3) is 3.40. The van der Waals surface area contributed by atoms with Crippen molar-refractivity contribution in [1.29, 1.82) is 0 Å². The number of benzene rings is 1. The van der Waals surface area contributed by atoms with E-state index >= 15 is 0 Å². The van der Waals surface area contributed by atoms with E-state index in [1.165, 1.54) is 21.6 Å². The average Bonchev–Trinajstić information content (AvgIpc) is 2.70. The third-order valence-corrected chi connectivity index (χ3v) is 5.64. The van der Waals surface area contributed by atoms with E-state index in [1.54, 1.807) is 11.3 Å². The van der Waals surface area contributed by atoms with Crippen molar-refractivity contribution < 1.29 is 0 Å². The van der Waals surface area contributed by atoms with Crippen molar-refractivity contribution in [1.82, 2.24) is 5.32 Å².